The Morgan fingerprint density at radius 2 is 2.25 bits per heavy atom. The molecule has 1 aliphatic carbocycles. The van der Waals surface area contributed by atoms with Crippen molar-refractivity contribution >= 4 is 28.3 Å². The first-order chi connectivity index (χ1) is 9.85. The predicted molar refractivity (Wildman–Crippen MR) is 85.8 cm³/mol. The maximum absolute atomic E-state index is 5.49. The van der Waals surface area contributed by atoms with Crippen LogP contribution in [0.5, 0.6) is 0 Å². The molecule has 5 heteroatoms. The zero-order valence-corrected chi connectivity index (χ0v) is 13.2. The van der Waals surface area contributed by atoms with Crippen molar-refractivity contribution in [1.29, 1.82) is 0 Å². The molecule has 108 valence electrons. The van der Waals surface area contributed by atoms with Crippen LogP contribution in [0.25, 0.3) is 0 Å². The van der Waals surface area contributed by atoms with E-state index >= 15 is 0 Å². The van der Waals surface area contributed by atoms with Gasteiger partial charge in [-0.25, -0.2) is 0 Å². The Balaban J connectivity index is 1.52. The van der Waals surface area contributed by atoms with E-state index in [2.05, 4.69) is 16.8 Å². The van der Waals surface area contributed by atoms with Gasteiger partial charge in [0.25, 0.3) is 0 Å². The number of thioether (sulfide) groups is 1. The Bertz CT molecular complexity index is 520. The van der Waals surface area contributed by atoms with Crippen molar-refractivity contribution in [1.82, 2.24) is 5.32 Å². The molecule has 1 spiro atoms. The quantitative estimate of drug-likeness (QED) is 0.863. The lowest BCUT2D eigenvalue weighted by atomic mass is 9.93. The van der Waals surface area contributed by atoms with Gasteiger partial charge >= 0.3 is 0 Å². The van der Waals surface area contributed by atoms with E-state index in [1.165, 1.54) is 24.8 Å². The number of ether oxygens (including phenoxy) is 1. The third kappa shape index (κ3) is 2.40. The van der Waals surface area contributed by atoms with Crippen LogP contribution < -0.4 is 5.32 Å². The molecule has 2 fully saturated rings. The Kier molecular flexibility index (Phi) is 3.52. The van der Waals surface area contributed by atoms with Gasteiger partial charge in [0.1, 0.15) is 0 Å². The van der Waals surface area contributed by atoms with Gasteiger partial charge < -0.3 is 10.1 Å². The third-order valence-electron chi connectivity index (χ3n) is 4.60. The molecule has 0 radical (unpaired) electrons. The first-order valence-electron chi connectivity index (χ1n) is 7.47. The van der Waals surface area contributed by atoms with E-state index in [-0.39, 0.29) is 5.54 Å². The number of nitrogens with one attached hydrogen (secondary N) is 1. The fourth-order valence-corrected chi connectivity index (χ4v) is 5.59. The molecule has 4 rings (SSSR count). The van der Waals surface area contributed by atoms with Crippen molar-refractivity contribution in [3.05, 3.63) is 21.9 Å². The third-order valence-corrected chi connectivity index (χ3v) is 6.77. The van der Waals surface area contributed by atoms with Crippen molar-refractivity contribution in [2.45, 2.75) is 43.7 Å². The average Bonchev–Trinajstić information content (AvgIpc) is 3.08. The second kappa shape index (κ2) is 5.35. The fourth-order valence-electron chi connectivity index (χ4n) is 3.34. The van der Waals surface area contributed by atoms with Crippen LogP contribution in [-0.2, 0) is 11.2 Å². The minimum atomic E-state index is 0.258. The van der Waals surface area contributed by atoms with Gasteiger partial charge in [0.05, 0.1) is 11.6 Å². The first-order valence-corrected chi connectivity index (χ1v) is 9.34. The standard InChI is InChI=1S/C15H20N2OS2/c1-2-12(11-4-9-19-13(11)3-1)16-14-17-15(10-20-14)5-7-18-8-6-15/h4,9,12H,1-3,5-8,10H2,(H,16,17). The summed E-state index contributed by atoms with van der Waals surface area (Å²) in [5.74, 6) is 1.15. The highest BCUT2D eigenvalue weighted by molar-refractivity contribution is 8.14. The van der Waals surface area contributed by atoms with Gasteiger partial charge in [-0.05, 0) is 49.1 Å². The molecule has 3 nitrogen and oxygen atoms in total. The summed E-state index contributed by atoms with van der Waals surface area (Å²) in [4.78, 5) is 6.58. The van der Waals surface area contributed by atoms with E-state index in [4.69, 9.17) is 9.73 Å². The molecule has 0 saturated carbocycles. The monoisotopic (exact) mass is 308 g/mol. The summed E-state index contributed by atoms with van der Waals surface area (Å²) in [6.45, 7) is 1.78. The Hall–Kier alpha value is -0.520. The van der Waals surface area contributed by atoms with Crippen molar-refractivity contribution in [3.63, 3.8) is 0 Å². The van der Waals surface area contributed by atoms with E-state index in [0.717, 1.165) is 37.0 Å². The number of aliphatic imine (C=N–C) groups is 1. The normalized spacial score (nSPS) is 30.4. The molecule has 20 heavy (non-hydrogen) atoms. The summed E-state index contributed by atoms with van der Waals surface area (Å²) in [5, 5.41) is 7.10. The van der Waals surface area contributed by atoms with Gasteiger partial charge in [-0.3, -0.25) is 4.99 Å². The summed E-state index contributed by atoms with van der Waals surface area (Å²) in [5.41, 5.74) is 1.73. The second-order valence-electron chi connectivity index (χ2n) is 5.95. The lowest BCUT2D eigenvalue weighted by molar-refractivity contribution is 0.0555. The zero-order valence-electron chi connectivity index (χ0n) is 11.6. The molecule has 1 aromatic rings. The zero-order chi connectivity index (χ0) is 13.4. The van der Waals surface area contributed by atoms with Crippen molar-refractivity contribution in [2.24, 2.45) is 4.99 Å². The van der Waals surface area contributed by atoms with Crippen LogP contribution in [0.3, 0.4) is 0 Å². The van der Waals surface area contributed by atoms with Crippen LogP contribution in [0.1, 0.15) is 42.2 Å². The fraction of sp³-hybridized carbons (Fsp3) is 0.667. The SMILES string of the molecule is c1cc2c(s1)CCCC2N=C1NC2(CCOCC2)CS1. The molecule has 2 aliphatic heterocycles. The number of hydrogen-bond donors (Lipinski definition) is 1. The van der Waals surface area contributed by atoms with Gasteiger partial charge in [0, 0.05) is 23.8 Å². The number of nitrogens with zero attached hydrogens (tertiary/aromatic N) is 1. The van der Waals surface area contributed by atoms with Gasteiger partial charge in [-0.2, -0.15) is 0 Å². The highest BCUT2D eigenvalue weighted by Crippen LogP contribution is 2.38. The molecular weight excluding hydrogens is 288 g/mol. The van der Waals surface area contributed by atoms with E-state index in [9.17, 15) is 0 Å². The first kappa shape index (κ1) is 13.2. The summed E-state index contributed by atoms with van der Waals surface area (Å²) in [7, 11) is 0. The summed E-state index contributed by atoms with van der Waals surface area (Å²) >= 11 is 3.80. The Morgan fingerprint density at radius 1 is 1.35 bits per heavy atom. The van der Waals surface area contributed by atoms with Crippen LogP contribution in [-0.4, -0.2) is 29.7 Å². The summed E-state index contributed by atoms with van der Waals surface area (Å²) in [6.07, 6.45) is 5.96. The Labute approximate surface area is 128 Å². The van der Waals surface area contributed by atoms with Gasteiger partial charge in [0.15, 0.2) is 5.17 Å². The lowest BCUT2D eigenvalue weighted by Gasteiger charge is -2.32. The van der Waals surface area contributed by atoms with E-state index < -0.39 is 0 Å². The molecule has 1 N–H and O–H groups in total. The van der Waals surface area contributed by atoms with Crippen LogP contribution in [0.4, 0.5) is 0 Å². The number of rotatable bonds is 1. The molecule has 2 saturated heterocycles. The highest BCUT2D eigenvalue weighted by Gasteiger charge is 2.39. The van der Waals surface area contributed by atoms with Crippen LogP contribution >= 0.6 is 23.1 Å². The number of amidine groups is 1. The van der Waals surface area contributed by atoms with E-state index in [0.29, 0.717) is 6.04 Å². The average molecular weight is 308 g/mol. The summed E-state index contributed by atoms with van der Waals surface area (Å²) in [6, 6.07) is 2.66. The topological polar surface area (TPSA) is 33.6 Å². The summed E-state index contributed by atoms with van der Waals surface area (Å²) < 4.78 is 5.49. The van der Waals surface area contributed by atoms with E-state index in [1.54, 1.807) is 4.88 Å². The minimum absolute atomic E-state index is 0.258. The maximum atomic E-state index is 5.49. The molecule has 1 atom stereocenters. The van der Waals surface area contributed by atoms with Crippen molar-refractivity contribution in [2.75, 3.05) is 19.0 Å². The molecule has 1 aromatic heterocycles. The number of aryl methyl sites for hydroxylation is 1. The lowest BCUT2D eigenvalue weighted by Crippen LogP contribution is -2.48. The van der Waals surface area contributed by atoms with Crippen LogP contribution in [0.15, 0.2) is 16.4 Å². The number of thiophene rings is 1. The molecule has 0 amide bonds. The highest BCUT2D eigenvalue weighted by atomic mass is 32.2. The smallest absolute Gasteiger partial charge is 0.157 e. The van der Waals surface area contributed by atoms with Crippen molar-refractivity contribution in [3.8, 4) is 0 Å². The predicted octanol–water partition coefficient (Wildman–Crippen LogP) is 3.37. The van der Waals surface area contributed by atoms with E-state index in [1.807, 2.05) is 23.1 Å². The number of fused-ring (bicyclic) bond motifs is 1. The molecule has 1 unspecified atom stereocenters. The largest absolute Gasteiger partial charge is 0.381 e. The second-order valence-corrected chi connectivity index (χ2v) is 7.91. The maximum Gasteiger partial charge on any atom is 0.157 e. The molecular formula is C15H20N2OS2. The van der Waals surface area contributed by atoms with Gasteiger partial charge in [-0.15, -0.1) is 11.3 Å². The van der Waals surface area contributed by atoms with Crippen LogP contribution in [0.2, 0.25) is 0 Å². The number of hydrogen-bond acceptors (Lipinski definition) is 4. The Morgan fingerprint density at radius 3 is 3.15 bits per heavy atom. The van der Waals surface area contributed by atoms with Gasteiger partial charge in [-0.1, -0.05) is 11.8 Å². The van der Waals surface area contributed by atoms with Crippen LogP contribution in [0, 0.1) is 0 Å². The molecule has 0 aromatic carbocycles. The minimum Gasteiger partial charge on any atom is -0.381 e. The van der Waals surface area contributed by atoms with Crippen molar-refractivity contribution < 1.29 is 4.74 Å². The van der Waals surface area contributed by atoms with Gasteiger partial charge in [0.2, 0.25) is 0 Å². The molecule has 0 bridgehead atoms. The molecule has 3 aliphatic rings. The molecule has 3 heterocycles.